The third kappa shape index (κ3) is 9.43. The zero-order valence-electron chi connectivity index (χ0n) is 25.6. The van der Waals surface area contributed by atoms with Gasteiger partial charge in [0.05, 0.1) is 61.7 Å². The van der Waals surface area contributed by atoms with E-state index in [0.29, 0.717) is 22.5 Å². The summed E-state index contributed by atoms with van der Waals surface area (Å²) in [5.74, 6) is 0. The molecule has 0 fully saturated rings. The van der Waals surface area contributed by atoms with Crippen molar-refractivity contribution in [1.29, 1.82) is 0 Å². The van der Waals surface area contributed by atoms with Crippen molar-refractivity contribution >= 4 is 40.4 Å². The van der Waals surface area contributed by atoms with Crippen LogP contribution in [-0.2, 0) is 0 Å². The van der Waals surface area contributed by atoms with Gasteiger partial charge in [-0.15, -0.1) is 5.10 Å². The highest BCUT2D eigenvalue weighted by molar-refractivity contribution is 6.13. The van der Waals surface area contributed by atoms with E-state index in [4.69, 9.17) is 0 Å². The molecule has 0 aliphatic carbocycles. The molecule has 230 valence electrons. The van der Waals surface area contributed by atoms with Crippen molar-refractivity contribution in [2.75, 3.05) is 45.7 Å². The number of non-ortho nitro benzene ring substituents is 2. The van der Waals surface area contributed by atoms with Crippen LogP contribution in [0.2, 0.25) is 0 Å². The number of benzene rings is 4. The highest BCUT2D eigenvalue weighted by Crippen LogP contribution is 2.23. The van der Waals surface area contributed by atoms with Gasteiger partial charge < -0.3 is 9.38 Å². The molecule has 4 aromatic carbocycles. The molecular weight excluding hydrogens is 572 g/mol. The number of nitro benzene ring substituents is 2. The molecule has 0 heterocycles. The molecule has 0 aromatic heterocycles. The molecule has 4 aromatic rings. The van der Waals surface area contributed by atoms with Crippen LogP contribution in [0.1, 0.15) is 23.6 Å². The molecule has 0 aliphatic rings. The topological polar surface area (TPSA) is 139 Å². The summed E-state index contributed by atoms with van der Waals surface area (Å²) < 4.78 is 0.909. The normalized spacial score (nSPS) is 11.6. The minimum atomic E-state index is -0.487. The van der Waals surface area contributed by atoms with Crippen LogP contribution in [0.15, 0.2) is 117 Å². The minimum absolute atomic E-state index is 0.0614. The predicted octanol–water partition coefficient (Wildman–Crippen LogP) is 7.32. The molecule has 0 radical (unpaired) electrons. The molecule has 0 saturated carbocycles. The summed E-state index contributed by atoms with van der Waals surface area (Å²) in [6.45, 7) is 5.10. The van der Waals surface area contributed by atoms with E-state index in [2.05, 4.69) is 65.5 Å². The summed E-state index contributed by atoms with van der Waals surface area (Å²) in [4.78, 5) is 23.5. The fraction of sp³-hybridized carbons (Fsp3) is 0.212. The van der Waals surface area contributed by atoms with Crippen LogP contribution < -0.4 is 4.90 Å². The maximum absolute atomic E-state index is 11.1. The molecule has 0 bridgehead atoms. The van der Waals surface area contributed by atoms with E-state index in [-0.39, 0.29) is 11.4 Å². The number of anilines is 1. The monoisotopic (exact) mass is 607 g/mol. The van der Waals surface area contributed by atoms with Crippen molar-refractivity contribution in [2.24, 2.45) is 20.4 Å². The molecule has 0 atom stereocenters. The predicted molar refractivity (Wildman–Crippen MR) is 177 cm³/mol. The van der Waals surface area contributed by atoms with Crippen molar-refractivity contribution < 1.29 is 14.3 Å². The third-order valence-electron chi connectivity index (χ3n) is 6.88. The van der Waals surface area contributed by atoms with Gasteiger partial charge in [-0.05, 0) is 73.2 Å². The van der Waals surface area contributed by atoms with E-state index in [1.165, 1.54) is 24.3 Å². The zero-order chi connectivity index (χ0) is 32.4. The first-order valence-electron chi connectivity index (χ1n) is 14.3. The fourth-order valence-electron chi connectivity index (χ4n) is 4.28. The molecule has 12 heteroatoms. The summed E-state index contributed by atoms with van der Waals surface area (Å²) in [7, 11) is 6.57. The van der Waals surface area contributed by atoms with E-state index in [1.54, 1.807) is 30.5 Å². The van der Waals surface area contributed by atoms with Gasteiger partial charge in [0.1, 0.15) is 5.71 Å². The highest BCUT2D eigenvalue weighted by Gasteiger charge is 2.13. The van der Waals surface area contributed by atoms with Gasteiger partial charge in [0.15, 0.2) is 0 Å². The molecular formula is C33H35N8O4+. The average molecular weight is 608 g/mol. The van der Waals surface area contributed by atoms with E-state index in [1.807, 2.05) is 36.4 Å². The number of quaternary nitrogens is 1. The van der Waals surface area contributed by atoms with Gasteiger partial charge in [-0.25, -0.2) is 0 Å². The smallest absolute Gasteiger partial charge is 0.269 e. The summed E-state index contributed by atoms with van der Waals surface area (Å²) in [5, 5.41) is 39.5. The van der Waals surface area contributed by atoms with Gasteiger partial charge >= 0.3 is 0 Å². The largest absolute Gasteiger partial charge is 0.366 e. The number of nitro groups is 2. The van der Waals surface area contributed by atoms with Crippen molar-refractivity contribution in [2.45, 2.75) is 6.92 Å². The fourth-order valence-corrected chi connectivity index (χ4v) is 4.28. The van der Waals surface area contributed by atoms with E-state index >= 15 is 0 Å². The Balaban J connectivity index is 1.46. The van der Waals surface area contributed by atoms with E-state index in [9.17, 15) is 20.2 Å². The van der Waals surface area contributed by atoms with Crippen molar-refractivity contribution in [3.8, 4) is 0 Å². The Morgan fingerprint density at radius 1 is 0.733 bits per heavy atom. The number of azo groups is 1. The number of hydrogen-bond donors (Lipinski definition) is 0. The first kappa shape index (κ1) is 32.3. The van der Waals surface area contributed by atoms with E-state index in [0.717, 1.165) is 41.1 Å². The molecule has 0 amide bonds. The lowest BCUT2D eigenvalue weighted by Crippen LogP contribution is -2.42. The van der Waals surface area contributed by atoms with Crippen LogP contribution >= 0.6 is 0 Å². The Hall–Kier alpha value is -5.62. The quantitative estimate of drug-likeness (QED) is 0.0515. The summed E-state index contributed by atoms with van der Waals surface area (Å²) in [5.41, 5.74) is 4.78. The summed E-state index contributed by atoms with van der Waals surface area (Å²) in [6, 6.07) is 27.1. The van der Waals surface area contributed by atoms with Crippen molar-refractivity contribution in [3.63, 3.8) is 0 Å². The van der Waals surface area contributed by atoms with Crippen LogP contribution in [0.25, 0.3) is 0 Å². The van der Waals surface area contributed by atoms with Gasteiger partial charge in [0.25, 0.3) is 11.4 Å². The van der Waals surface area contributed by atoms with Gasteiger partial charge in [0.2, 0.25) is 0 Å². The zero-order valence-corrected chi connectivity index (χ0v) is 25.6. The van der Waals surface area contributed by atoms with Crippen LogP contribution in [0.4, 0.5) is 28.4 Å². The molecule has 0 aliphatic heterocycles. The highest BCUT2D eigenvalue weighted by atomic mass is 16.6. The van der Waals surface area contributed by atoms with Crippen molar-refractivity contribution in [1.82, 2.24) is 0 Å². The second-order valence-electron chi connectivity index (χ2n) is 11.2. The van der Waals surface area contributed by atoms with Gasteiger partial charge in [0, 0.05) is 47.6 Å². The number of nitrogens with zero attached hydrogens (tertiary/aromatic N) is 8. The third-order valence-corrected chi connectivity index (χ3v) is 6.88. The van der Waals surface area contributed by atoms with Gasteiger partial charge in [-0.2, -0.15) is 15.3 Å². The second kappa shape index (κ2) is 14.7. The maximum Gasteiger partial charge on any atom is 0.269 e. The average Bonchev–Trinajstić information content (AvgIpc) is 3.03. The lowest BCUT2D eigenvalue weighted by molar-refractivity contribution is -0.868. The van der Waals surface area contributed by atoms with Gasteiger partial charge in [-0.3, -0.25) is 20.2 Å². The molecule has 0 N–H and O–H groups in total. The van der Waals surface area contributed by atoms with Crippen LogP contribution in [-0.4, -0.2) is 67.0 Å². The Morgan fingerprint density at radius 2 is 1.20 bits per heavy atom. The standard InChI is InChI=1S/C33H35N8O4/c1-5-38(22-23-41(2,3)4)30-20-14-29(15-21-30)36-35-28-12-6-25(7-13-28)24-34-37-33(26-8-16-31(17-9-26)39(42)43)27-10-18-32(19-11-27)40(44)45/h6-21,24H,5,22-23H2,1-4H3/q+1/b34-24+,36-35+. The summed E-state index contributed by atoms with van der Waals surface area (Å²) in [6.07, 6.45) is 1.56. The number of hydrogen-bond acceptors (Lipinski definition) is 9. The van der Waals surface area contributed by atoms with Crippen LogP contribution in [0, 0.1) is 20.2 Å². The lowest BCUT2D eigenvalue weighted by atomic mass is 10.0. The first-order chi connectivity index (χ1) is 21.5. The van der Waals surface area contributed by atoms with Gasteiger partial charge in [-0.1, -0.05) is 12.1 Å². The summed E-state index contributed by atoms with van der Waals surface area (Å²) >= 11 is 0. The molecule has 0 spiro atoms. The lowest BCUT2D eigenvalue weighted by Gasteiger charge is -2.29. The maximum atomic E-state index is 11.1. The Morgan fingerprint density at radius 3 is 1.62 bits per heavy atom. The van der Waals surface area contributed by atoms with Crippen molar-refractivity contribution in [3.05, 3.63) is 134 Å². The SMILES string of the molecule is CCN(CC[N+](C)(C)C)c1ccc(/N=N/c2ccc(/C=N/N=C(c3ccc([N+](=O)[O-])cc3)c3ccc([N+](=O)[O-])cc3)cc2)cc1. The minimum Gasteiger partial charge on any atom is -0.366 e. The van der Waals surface area contributed by atoms with Crippen LogP contribution in [0.3, 0.4) is 0 Å². The van der Waals surface area contributed by atoms with Crippen LogP contribution in [0.5, 0.6) is 0 Å². The van der Waals surface area contributed by atoms with E-state index < -0.39 is 9.85 Å². The number of likely N-dealkylation sites (N-methyl/N-ethyl adjacent to an activating group) is 2. The second-order valence-corrected chi connectivity index (χ2v) is 11.2. The first-order valence-corrected chi connectivity index (χ1v) is 14.3. The molecule has 45 heavy (non-hydrogen) atoms. The Bertz CT molecular complexity index is 1630. The molecule has 4 rings (SSSR count). The Labute approximate surface area is 261 Å². The Kier molecular flexibility index (Phi) is 10.6. The molecule has 0 unspecified atom stereocenters. The molecule has 12 nitrogen and oxygen atoms in total. The molecule has 0 saturated heterocycles. The number of rotatable bonds is 13.